The second-order valence-electron chi connectivity index (χ2n) is 5.16. The van der Waals surface area contributed by atoms with Gasteiger partial charge in [-0.2, -0.15) is 5.10 Å². The molecule has 2 N–H and O–H groups in total. The highest BCUT2D eigenvalue weighted by atomic mass is 19.3. The highest BCUT2D eigenvalue weighted by Gasteiger charge is 2.31. The van der Waals surface area contributed by atoms with Gasteiger partial charge < -0.3 is 5.73 Å². The maximum absolute atomic E-state index is 13.3. The molecule has 0 amide bonds. The number of halogens is 2. The Kier molecular flexibility index (Phi) is 3.38. The highest BCUT2D eigenvalue weighted by Crippen LogP contribution is 2.28. The summed E-state index contributed by atoms with van der Waals surface area (Å²) in [7, 11) is 1.74. The SMILES string of the molecule is Cn1cc(CC(F)(F)CN)c(C(C)(C)C)n1. The van der Waals surface area contributed by atoms with Crippen LogP contribution < -0.4 is 5.73 Å². The van der Waals surface area contributed by atoms with Gasteiger partial charge in [0.2, 0.25) is 0 Å². The molecule has 92 valence electrons. The van der Waals surface area contributed by atoms with Crippen LogP contribution >= 0.6 is 0 Å². The quantitative estimate of drug-likeness (QED) is 0.862. The van der Waals surface area contributed by atoms with E-state index in [1.807, 2.05) is 20.8 Å². The van der Waals surface area contributed by atoms with Crippen molar-refractivity contribution in [2.45, 2.75) is 38.5 Å². The highest BCUT2D eigenvalue weighted by molar-refractivity contribution is 5.25. The third kappa shape index (κ3) is 3.01. The third-order valence-electron chi connectivity index (χ3n) is 2.36. The third-order valence-corrected chi connectivity index (χ3v) is 2.36. The van der Waals surface area contributed by atoms with Crippen LogP contribution in [0.25, 0.3) is 0 Å². The fourth-order valence-electron chi connectivity index (χ4n) is 1.65. The van der Waals surface area contributed by atoms with Crippen LogP contribution in [0.3, 0.4) is 0 Å². The Morgan fingerprint density at radius 3 is 2.38 bits per heavy atom. The second kappa shape index (κ2) is 4.13. The molecule has 0 aromatic carbocycles. The number of nitrogens with zero attached hydrogens (tertiary/aromatic N) is 2. The smallest absolute Gasteiger partial charge is 0.264 e. The van der Waals surface area contributed by atoms with Crippen molar-refractivity contribution < 1.29 is 8.78 Å². The van der Waals surface area contributed by atoms with E-state index in [9.17, 15) is 8.78 Å². The normalized spacial score (nSPS) is 13.2. The Hall–Kier alpha value is -0.970. The number of nitrogens with two attached hydrogens (primary N) is 1. The summed E-state index contributed by atoms with van der Waals surface area (Å²) in [6, 6.07) is 0. The van der Waals surface area contributed by atoms with E-state index < -0.39 is 12.5 Å². The van der Waals surface area contributed by atoms with E-state index in [0.717, 1.165) is 0 Å². The van der Waals surface area contributed by atoms with E-state index in [1.54, 1.807) is 17.9 Å². The minimum absolute atomic E-state index is 0.235. The molecule has 0 saturated carbocycles. The van der Waals surface area contributed by atoms with Gasteiger partial charge in [-0.15, -0.1) is 0 Å². The van der Waals surface area contributed by atoms with E-state index in [-0.39, 0.29) is 11.8 Å². The van der Waals surface area contributed by atoms with E-state index in [0.29, 0.717) is 11.3 Å². The van der Waals surface area contributed by atoms with Crippen LogP contribution in [0.15, 0.2) is 6.20 Å². The predicted octanol–water partition coefficient (Wildman–Crippen LogP) is 1.85. The van der Waals surface area contributed by atoms with Crippen LogP contribution in [0.5, 0.6) is 0 Å². The van der Waals surface area contributed by atoms with Crippen molar-refractivity contribution in [3.8, 4) is 0 Å². The maximum Gasteiger partial charge on any atom is 0.264 e. The molecule has 0 radical (unpaired) electrons. The summed E-state index contributed by atoms with van der Waals surface area (Å²) in [5, 5.41) is 4.24. The number of alkyl halides is 2. The monoisotopic (exact) mass is 231 g/mol. The van der Waals surface area contributed by atoms with Gasteiger partial charge in [-0.05, 0) is 5.56 Å². The largest absolute Gasteiger partial charge is 0.325 e. The molecule has 1 aromatic rings. The number of aromatic nitrogens is 2. The standard InChI is InChI=1S/C11H19F2N3/c1-10(2,3)9-8(6-16(4)15-9)5-11(12,13)7-14/h6H,5,7,14H2,1-4H3. The lowest BCUT2D eigenvalue weighted by molar-refractivity contribution is 0.0111. The zero-order chi connectivity index (χ0) is 12.6. The molecule has 3 nitrogen and oxygen atoms in total. The van der Waals surface area contributed by atoms with Crippen molar-refractivity contribution in [1.82, 2.24) is 9.78 Å². The van der Waals surface area contributed by atoms with Gasteiger partial charge in [-0.3, -0.25) is 4.68 Å². The lowest BCUT2D eigenvalue weighted by atomic mass is 9.88. The lowest BCUT2D eigenvalue weighted by Crippen LogP contribution is -2.31. The first-order chi connectivity index (χ1) is 7.15. The fourth-order valence-corrected chi connectivity index (χ4v) is 1.65. The Labute approximate surface area is 94.6 Å². The molecule has 0 unspecified atom stereocenters. The summed E-state index contributed by atoms with van der Waals surface area (Å²) >= 11 is 0. The average molecular weight is 231 g/mol. The van der Waals surface area contributed by atoms with Gasteiger partial charge in [0, 0.05) is 25.1 Å². The lowest BCUT2D eigenvalue weighted by Gasteiger charge is -2.19. The number of hydrogen-bond donors (Lipinski definition) is 1. The zero-order valence-electron chi connectivity index (χ0n) is 10.2. The maximum atomic E-state index is 13.3. The van der Waals surface area contributed by atoms with Crippen LogP contribution in [0.1, 0.15) is 32.0 Å². The van der Waals surface area contributed by atoms with Gasteiger partial charge in [0.25, 0.3) is 5.92 Å². The molecule has 16 heavy (non-hydrogen) atoms. The van der Waals surface area contributed by atoms with E-state index in [2.05, 4.69) is 5.10 Å². The molecule has 0 fully saturated rings. The molecule has 1 aromatic heterocycles. The van der Waals surface area contributed by atoms with Crippen molar-refractivity contribution in [2.75, 3.05) is 6.54 Å². The molecule has 0 aliphatic carbocycles. The second-order valence-corrected chi connectivity index (χ2v) is 5.16. The number of hydrogen-bond acceptors (Lipinski definition) is 2. The molecule has 1 heterocycles. The first-order valence-electron chi connectivity index (χ1n) is 5.26. The van der Waals surface area contributed by atoms with Gasteiger partial charge in [-0.1, -0.05) is 20.8 Å². The van der Waals surface area contributed by atoms with E-state index >= 15 is 0 Å². The fraction of sp³-hybridized carbons (Fsp3) is 0.727. The first kappa shape index (κ1) is 13.1. The molecule has 1 rings (SSSR count). The van der Waals surface area contributed by atoms with Gasteiger partial charge >= 0.3 is 0 Å². The first-order valence-corrected chi connectivity index (χ1v) is 5.26. The van der Waals surface area contributed by atoms with Gasteiger partial charge in [0.1, 0.15) is 0 Å². The predicted molar refractivity (Wildman–Crippen MR) is 59.6 cm³/mol. The summed E-state index contributed by atoms with van der Waals surface area (Å²) < 4.78 is 28.1. The van der Waals surface area contributed by atoms with Crippen molar-refractivity contribution in [1.29, 1.82) is 0 Å². The summed E-state index contributed by atoms with van der Waals surface area (Å²) in [6.45, 7) is 5.24. The molecule has 0 aliphatic heterocycles. The molecular formula is C11H19F2N3. The van der Waals surface area contributed by atoms with Crippen molar-refractivity contribution in [3.05, 3.63) is 17.5 Å². The molecular weight excluding hydrogens is 212 g/mol. The van der Waals surface area contributed by atoms with Crippen LogP contribution in [-0.2, 0) is 18.9 Å². The Bertz CT molecular complexity index is 364. The summed E-state index contributed by atoms with van der Waals surface area (Å²) in [6.07, 6.45) is 1.30. The molecule has 0 bridgehead atoms. The number of aryl methyl sites for hydroxylation is 1. The number of rotatable bonds is 3. The summed E-state index contributed by atoms with van der Waals surface area (Å²) in [5.74, 6) is -2.86. The topological polar surface area (TPSA) is 43.8 Å². The molecule has 5 heteroatoms. The van der Waals surface area contributed by atoms with Gasteiger partial charge in [0.15, 0.2) is 0 Å². The van der Waals surface area contributed by atoms with Crippen LogP contribution in [0, 0.1) is 0 Å². The van der Waals surface area contributed by atoms with Crippen LogP contribution in [-0.4, -0.2) is 22.2 Å². The van der Waals surface area contributed by atoms with E-state index in [1.165, 1.54) is 0 Å². The average Bonchev–Trinajstić information content (AvgIpc) is 2.45. The van der Waals surface area contributed by atoms with Gasteiger partial charge in [-0.25, -0.2) is 8.78 Å². The minimum atomic E-state index is -2.86. The zero-order valence-corrected chi connectivity index (χ0v) is 10.2. The van der Waals surface area contributed by atoms with Crippen molar-refractivity contribution >= 4 is 0 Å². The Morgan fingerprint density at radius 1 is 1.38 bits per heavy atom. The van der Waals surface area contributed by atoms with Crippen LogP contribution in [0.2, 0.25) is 0 Å². The molecule has 0 aliphatic rings. The summed E-state index contributed by atoms with van der Waals surface area (Å²) in [5.41, 5.74) is 6.09. The van der Waals surface area contributed by atoms with Crippen molar-refractivity contribution in [3.63, 3.8) is 0 Å². The Morgan fingerprint density at radius 2 is 1.94 bits per heavy atom. The minimum Gasteiger partial charge on any atom is -0.325 e. The molecule has 0 spiro atoms. The molecule has 0 atom stereocenters. The summed E-state index contributed by atoms with van der Waals surface area (Å²) in [4.78, 5) is 0. The van der Waals surface area contributed by atoms with Crippen LogP contribution in [0.4, 0.5) is 8.78 Å². The van der Waals surface area contributed by atoms with E-state index in [4.69, 9.17) is 5.73 Å². The Balaban J connectivity index is 3.05. The van der Waals surface area contributed by atoms with Crippen molar-refractivity contribution in [2.24, 2.45) is 12.8 Å². The molecule has 0 saturated heterocycles. The van der Waals surface area contributed by atoms with Gasteiger partial charge in [0.05, 0.1) is 12.2 Å².